The van der Waals surface area contributed by atoms with Crippen LogP contribution in [-0.2, 0) is 32.6 Å². The molecule has 1 heterocycles. The van der Waals surface area contributed by atoms with Crippen LogP contribution in [0.2, 0.25) is 10.0 Å². The summed E-state index contributed by atoms with van der Waals surface area (Å²) in [5, 5.41) is 3.51. The van der Waals surface area contributed by atoms with Gasteiger partial charge in [-0.3, -0.25) is 13.9 Å². The van der Waals surface area contributed by atoms with E-state index in [0.29, 0.717) is 29.5 Å². The van der Waals surface area contributed by atoms with Crippen molar-refractivity contribution in [1.82, 2.24) is 10.2 Å². The largest absolute Gasteiger partial charge is 0.486 e. The fourth-order valence-electron chi connectivity index (χ4n) is 5.34. The number of amides is 2. The Bertz CT molecular complexity index is 1880. The number of unbranched alkanes of at least 4 members (excludes halogenated alkanes) is 1. The molecule has 1 N–H and O–H groups in total. The SMILES string of the molecule is CCCCNC(=O)[C@H](Cc1ccccc1)N(Cc1ccc(Cl)c(Cl)c1)C(=O)CN(c1ccc(F)cc1)S(=O)(=O)c1ccc2c(c1)OCCO2. The second-order valence-electron chi connectivity index (χ2n) is 11.4. The number of rotatable bonds is 14. The summed E-state index contributed by atoms with van der Waals surface area (Å²) in [7, 11) is -4.45. The predicted octanol–water partition coefficient (Wildman–Crippen LogP) is 6.66. The third-order valence-corrected chi connectivity index (χ3v) is 10.4. The molecule has 4 aromatic carbocycles. The van der Waals surface area contributed by atoms with Gasteiger partial charge < -0.3 is 19.7 Å². The second kappa shape index (κ2) is 16.4. The molecule has 49 heavy (non-hydrogen) atoms. The molecule has 0 bridgehead atoms. The number of nitrogens with zero attached hydrogens (tertiary/aromatic N) is 2. The van der Waals surface area contributed by atoms with Crippen LogP contribution < -0.4 is 19.1 Å². The quantitative estimate of drug-likeness (QED) is 0.146. The summed E-state index contributed by atoms with van der Waals surface area (Å²) >= 11 is 12.5. The molecule has 0 saturated carbocycles. The van der Waals surface area contributed by atoms with Gasteiger partial charge in [0.15, 0.2) is 11.5 Å². The van der Waals surface area contributed by atoms with E-state index in [1.807, 2.05) is 37.3 Å². The van der Waals surface area contributed by atoms with Crippen LogP contribution in [-0.4, -0.2) is 57.5 Å². The van der Waals surface area contributed by atoms with Gasteiger partial charge >= 0.3 is 0 Å². The monoisotopic (exact) mass is 727 g/mol. The summed E-state index contributed by atoms with van der Waals surface area (Å²) in [6.07, 6.45) is 1.73. The lowest BCUT2D eigenvalue weighted by atomic mass is 10.0. The van der Waals surface area contributed by atoms with E-state index in [-0.39, 0.29) is 40.9 Å². The Morgan fingerprint density at radius 1 is 0.878 bits per heavy atom. The number of hydrogen-bond donors (Lipinski definition) is 1. The summed E-state index contributed by atoms with van der Waals surface area (Å²) < 4.78 is 54.8. The van der Waals surface area contributed by atoms with Gasteiger partial charge in [-0.15, -0.1) is 0 Å². The first-order valence-corrected chi connectivity index (χ1v) is 18.0. The molecular weight excluding hydrogens is 692 g/mol. The Morgan fingerprint density at radius 2 is 1.59 bits per heavy atom. The van der Waals surface area contributed by atoms with Gasteiger partial charge in [-0.1, -0.05) is 72.9 Å². The molecule has 9 nitrogen and oxygen atoms in total. The number of nitrogens with one attached hydrogen (secondary N) is 1. The second-order valence-corrected chi connectivity index (χ2v) is 14.1. The van der Waals surface area contributed by atoms with Crippen LogP contribution in [0.15, 0.2) is 95.9 Å². The molecule has 0 unspecified atom stereocenters. The molecule has 0 aliphatic carbocycles. The highest BCUT2D eigenvalue weighted by atomic mass is 35.5. The van der Waals surface area contributed by atoms with E-state index in [0.717, 1.165) is 34.8 Å². The average molecular weight is 729 g/mol. The molecule has 0 radical (unpaired) electrons. The first kappa shape index (κ1) is 36.0. The van der Waals surface area contributed by atoms with Crippen LogP contribution in [0.4, 0.5) is 10.1 Å². The summed E-state index contributed by atoms with van der Waals surface area (Å²) in [6, 6.07) is 22.0. The Hall–Kier alpha value is -4.32. The molecule has 4 aromatic rings. The molecule has 5 rings (SSSR count). The van der Waals surface area contributed by atoms with E-state index in [2.05, 4.69) is 5.32 Å². The number of benzene rings is 4. The predicted molar refractivity (Wildman–Crippen MR) is 187 cm³/mol. The zero-order chi connectivity index (χ0) is 35.0. The Morgan fingerprint density at radius 3 is 2.29 bits per heavy atom. The van der Waals surface area contributed by atoms with E-state index in [1.54, 1.807) is 18.2 Å². The smallest absolute Gasteiger partial charge is 0.264 e. The lowest BCUT2D eigenvalue weighted by molar-refractivity contribution is -0.140. The number of anilines is 1. The van der Waals surface area contributed by atoms with Crippen LogP contribution in [0.25, 0.3) is 0 Å². The van der Waals surface area contributed by atoms with Gasteiger partial charge in [-0.2, -0.15) is 0 Å². The first-order chi connectivity index (χ1) is 23.6. The number of carbonyl (C=O) groups is 2. The normalized spacial score (nSPS) is 13.0. The summed E-state index contributed by atoms with van der Waals surface area (Å²) in [5.74, 6) is -1.03. The van der Waals surface area contributed by atoms with Gasteiger partial charge in [0.2, 0.25) is 11.8 Å². The van der Waals surface area contributed by atoms with Crippen molar-refractivity contribution in [3.8, 4) is 11.5 Å². The molecule has 0 saturated heterocycles. The summed E-state index contributed by atoms with van der Waals surface area (Å²) in [6.45, 7) is 2.16. The van der Waals surface area contributed by atoms with E-state index in [4.69, 9.17) is 32.7 Å². The Kier molecular flexibility index (Phi) is 12.0. The zero-order valence-electron chi connectivity index (χ0n) is 26.8. The van der Waals surface area contributed by atoms with E-state index >= 15 is 0 Å². The number of hydrogen-bond acceptors (Lipinski definition) is 6. The maximum atomic E-state index is 14.6. The maximum absolute atomic E-state index is 14.6. The van der Waals surface area contributed by atoms with Crippen molar-refractivity contribution in [1.29, 1.82) is 0 Å². The van der Waals surface area contributed by atoms with E-state index < -0.39 is 40.2 Å². The van der Waals surface area contributed by atoms with Gasteiger partial charge in [-0.05, 0) is 66.1 Å². The standard InChI is InChI=1S/C36H36Cl2FN3O6S/c1-2-3-17-40-36(44)32(21-25-7-5-4-6-8-25)41(23-26-9-15-30(37)31(38)20-26)35(43)24-42(28-12-10-27(39)11-13-28)49(45,46)29-14-16-33-34(22-29)48-19-18-47-33/h4-16,20,22,32H,2-3,17-19,21,23-24H2,1H3,(H,40,44)/t32-/m0/s1. The molecule has 13 heteroatoms. The van der Waals surface area contributed by atoms with E-state index in [1.165, 1.54) is 35.2 Å². The zero-order valence-corrected chi connectivity index (χ0v) is 29.1. The van der Waals surface area contributed by atoms with Crippen molar-refractivity contribution in [3.63, 3.8) is 0 Å². The minimum absolute atomic E-state index is 0.0473. The fraction of sp³-hybridized carbons (Fsp3) is 0.278. The molecular formula is C36H36Cl2FN3O6S. The summed E-state index contributed by atoms with van der Waals surface area (Å²) in [4.78, 5) is 29.7. The molecule has 0 fully saturated rings. The molecule has 258 valence electrons. The highest BCUT2D eigenvalue weighted by Gasteiger charge is 2.35. The van der Waals surface area contributed by atoms with Crippen molar-refractivity contribution in [3.05, 3.63) is 118 Å². The Balaban J connectivity index is 1.57. The third kappa shape index (κ3) is 9.03. The molecule has 1 aliphatic heterocycles. The minimum atomic E-state index is -4.45. The maximum Gasteiger partial charge on any atom is 0.264 e. The van der Waals surface area contributed by atoms with Crippen molar-refractivity contribution in [2.24, 2.45) is 0 Å². The van der Waals surface area contributed by atoms with Crippen molar-refractivity contribution < 1.29 is 31.9 Å². The number of ether oxygens (including phenoxy) is 2. The molecule has 0 aromatic heterocycles. The third-order valence-electron chi connectivity index (χ3n) is 7.93. The van der Waals surface area contributed by atoms with Crippen LogP contribution in [0.3, 0.4) is 0 Å². The van der Waals surface area contributed by atoms with Crippen LogP contribution in [0.1, 0.15) is 30.9 Å². The Labute approximate surface area is 295 Å². The lowest BCUT2D eigenvalue weighted by Gasteiger charge is -2.34. The van der Waals surface area contributed by atoms with Crippen molar-refractivity contribution in [2.45, 2.75) is 43.7 Å². The lowest BCUT2D eigenvalue weighted by Crippen LogP contribution is -2.53. The fourth-order valence-corrected chi connectivity index (χ4v) is 7.09. The number of sulfonamides is 1. The molecule has 1 aliphatic rings. The van der Waals surface area contributed by atoms with Crippen LogP contribution in [0, 0.1) is 5.82 Å². The van der Waals surface area contributed by atoms with Crippen molar-refractivity contribution >= 4 is 50.7 Å². The van der Waals surface area contributed by atoms with Crippen molar-refractivity contribution in [2.75, 3.05) is 30.6 Å². The topological polar surface area (TPSA) is 105 Å². The molecule has 2 amide bonds. The molecule has 1 atom stereocenters. The van der Waals surface area contributed by atoms with E-state index in [9.17, 15) is 22.4 Å². The van der Waals surface area contributed by atoms with Crippen LogP contribution >= 0.6 is 23.2 Å². The van der Waals surface area contributed by atoms with Gasteiger partial charge in [0.25, 0.3) is 10.0 Å². The minimum Gasteiger partial charge on any atom is -0.486 e. The number of carbonyl (C=O) groups excluding carboxylic acids is 2. The van der Waals surface area contributed by atoms with Gasteiger partial charge in [0, 0.05) is 25.6 Å². The first-order valence-electron chi connectivity index (χ1n) is 15.8. The average Bonchev–Trinajstić information content (AvgIpc) is 3.10. The highest BCUT2D eigenvalue weighted by Crippen LogP contribution is 2.34. The van der Waals surface area contributed by atoms with Gasteiger partial charge in [0.1, 0.15) is 31.6 Å². The highest BCUT2D eigenvalue weighted by molar-refractivity contribution is 7.92. The van der Waals surface area contributed by atoms with Gasteiger partial charge in [-0.25, -0.2) is 12.8 Å². The van der Waals surface area contributed by atoms with Gasteiger partial charge in [0.05, 0.1) is 20.6 Å². The molecule has 0 spiro atoms. The summed E-state index contributed by atoms with van der Waals surface area (Å²) in [5.41, 5.74) is 1.42. The van der Waals surface area contributed by atoms with Crippen LogP contribution in [0.5, 0.6) is 11.5 Å². The number of fused-ring (bicyclic) bond motifs is 1. The number of halogens is 3.